The zero-order valence-corrected chi connectivity index (χ0v) is 10.0. The lowest BCUT2D eigenvalue weighted by Gasteiger charge is -2.26. The maximum absolute atomic E-state index is 5.32. The number of hydrogen-bond acceptors (Lipinski definition) is 8. The topological polar surface area (TPSA) is 98.4 Å². The van der Waals surface area contributed by atoms with Crippen molar-refractivity contribution in [3.05, 3.63) is 12.7 Å². The van der Waals surface area contributed by atoms with Crippen LogP contribution in [0.5, 0.6) is 6.01 Å². The Morgan fingerprint density at radius 3 is 2.83 bits per heavy atom. The normalized spacial score (nSPS) is 15.3. The maximum atomic E-state index is 5.32. The van der Waals surface area contributed by atoms with Crippen molar-refractivity contribution < 1.29 is 9.47 Å². The van der Waals surface area contributed by atoms with Crippen LogP contribution in [0.4, 0.5) is 11.9 Å². The Bertz CT molecular complexity index is 407. The molecule has 0 aliphatic carbocycles. The summed E-state index contributed by atoms with van der Waals surface area (Å²) in [6.07, 6.45) is 1.62. The SMILES string of the molecule is C=CCOc1nc(NN)nc(N2CCOCC2)n1. The van der Waals surface area contributed by atoms with Crippen molar-refractivity contribution in [3.63, 3.8) is 0 Å². The van der Waals surface area contributed by atoms with Gasteiger partial charge in [-0.25, -0.2) is 5.84 Å². The Balaban J connectivity index is 2.19. The number of nitrogens with two attached hydrogens (primary N) is 1. The molecule has 0 aromatic carbocycles. The molecule has 1 aliphatic heterocycles. The Labute approximate surface area is 105 Å². The fourth-order valence-corrected chi connectivity index (χ4v) is 1.51. The molecule has 0 amide bonds. The van der Waals surface area contributed by atoms with Gasteiger partial charge in [-0.15, -0.1) is 0 Å². The van der Waals surface area contributed by atoms with Crippen molar-refractivity contribution in [2.75, 3.05) is 43.2 Å². The van der Waals surface area contributed by atoms with E-state index in [9.17, 15) is 0 Å². The summed E-state index contributed by atoms with van der Waals surface area (Å²) in [6.45, 7) is 6.66. The summed E-state index contributed by atoms with van der Waals surface area (Å²) in [5.74, 6) is 6.12. The molecule has 0 unspecified atom stereocenters. The summed E-state index contributed by atoms with van der Waals surface area (Å²) in [5, 5.41) is 0. The molecule has 3 N–H and O–H groups in total. The molecule has 1 fully saturated rings. The zero-order chi connectivity index (χ0) is 12.8. The third kappa shape index (κ3) is 3.05. The zero-order valence-electron chi connectivity index (χ0n) is 10.0. The van der Waals surface area contributed by atoms with Crippen LogP contribution in [0.2, 0.25) is 0 Å². The van der Waals surface area contributed by atoms with Crippen molar-refractivity contribution in [2.45, 2.75) is 0 Å². The number of aromatic nitrogens is 3. The molecule has 1 aromatic rings. The van der Waals surface area contributed by atoms with Crippen LogP contribution in [0.3, 0.4) is 0 Å². The van der Waals surface area contributed by atoms with Gasteiger partial charge in [0.05, 0.1) is 13.2 Å². The van der Waals surface area contributed by atoms with E-state index in [-0.39, 0.29) is 12.0 Å². The Morgan fingerprint density at radius 2 is 2.17 bits per heavy atom. The van der Waals surface area contributed by atoms with Gasteiger partial charge in [-0.3, -0.25) is 5.43 Å². The first-order chi connectivity index (χ1) is 8.83. The molecule has 1 aliphatic rings. The fraction of sp³-hybridized carbons (Fsp3) is 0.500. The van der Waals surface area contributed by atoms with E-state index >= 15 is 0 Å². The molecule has 2 rings (SSSR count). The van der Waals surface area contributed by atoms with E-state index in [2.05, 4.69) is 27.0 Å². The van der Waals surface area contributed by atoms with Crippen molar-refractivity contribution in [3.8, 4) is 6.01 Å². The van der Waals surface area contributed by atoms with E-state index in [0.717, 1.165) is 13.1 Å². The minimum atomic E-state index is 0.222. The quantitative estimate of drug-likeness (QED) is 0.413. The highest BCUT2D eigenvalue weighted by Crippen LogP contribution is 2.15. The summed E-state index contributed by atoms with van der Waals surface area (Å²) in [5.41, 5.74) is 2.40. The number of nitrogen functional groups attached to an aromatic ring is 1. The Morgan fingerprint density at radius 1 is 1.39 bits per heavy atom. The highest BCUT2D eigenvalue weighted by molar-refractivity contribution is 5.38. The van der Waals surface area contributed by atoms with E-state index in [1.807, 2.05) is 4.90 Å². The molecule has 0 saturated carbocycles. The van der Waals surface area contributed by atoms with Gasteiger partial charge in [-0.05, 0) is 0 Å². The number of hydrazine groups is 1. The van der Waals surface area contributed by atoms with Gasteiger partial charge in [0.25, 0.3) is 0 Å². The summed E-state index contributed by atoms with van der Waals surface area (Å²) in [4.78, 5) is 14.4. The first-order valence-electron chi connectivity index (χ1n) is 5.62. The fourth-order valence-electron chi connectivity index (χ4n) is 1.51. The van der Waals surface area contributed by atoms with Crippen molar-refractivity contribution >= 4 is 11.9 Å². The van der Waals surface area contributed by atoms with E-state index in [1.54, 1.807) is 6.08 Å². The van der Waals surface area contributed by atoms with Crippen LogP contribution in [0.25, 0.3) is 0 Å². The van der Waals surface area contributed by atoms with Crippen LogP contribution in [-0.2, 0) is 4.74 Å². The second-order valence-corrected chi connectivity index (χ2v) is 3.59. The third-order valence-corrected chi connectivity index (χ3v) is 2.36. The summed E-state index contributed by atoms with van der Waals surface area (Å²) in [6, 6.07) is 0.222. The van der Waals surface area contributed by atoms with Gasteiger partial charge < -0.3 is 14.4 Å². The molecule has 18 heavy (non-hydrogen) atoms. The first kappa shape index (κ1) is 12.5. The van der Waals surface area contributed by atoms with E-state index < -0.39 is 0 Å². The molecule has 1 aromatic heterocycles. The van der Waals surface area contributed by atoms with Gasteiger partial charge in [-0.2, -0.15) is 15.0 Å². The highest BCUT2D eigenvalue weighted by Gasteiger charge is 2.16. The van der Waals surface area contributed by atoms with Gasteiger partial charge in [-0.1, -0.05) is 12.7 Å². The molecule has 0 atom stereocenters. The number of nitrogens with one attached hydrogen (secondary N) is 1. The van der Waals surface area contributed by atoms with Crippen LogP contribution >= 0.6 is 0 Å². The molecule has 1 saturated heterocycles. The second kappa shape index (κ2) is 6.12. The van der Waals surface area contributed by atoms with Gasteiger partial charge in [0.15, 0.2) is 0 Å². The highest BCUT2D eigenvalue weighted by atomic mass is 16.5. The van der Waals surface area contributed by atoms with Gasteiger partial charge in [0, 0.05) is 13.1 Å². The molecule has 2 heterocycles. The largest absolute Gasteiger partial charge is 0.459 e. The smallest absolute Gasteiger partial charge is 0.323 e. The van der Waals surface area contributed by atoms with Gasteiger partial charge >= 0.3 is 6.01 Å². The Kier molecular flexibility index (Phi) is 4.26. The van der Waals surface area contributed by atoms with E-state index in [0.29, 0.717) is 25.8 Å². The number of ether oxygens (including phenoxy) is 2. The third-order valence-electron chi connectivity index (χ3n) is 2.36. The van der Waals surface area contributed by atoms with Crippen LogP contribution in [-0.4, -0.2) is 47.9 Å². The molecular weight excluding hydrogens is 236 g/mol. The average Bonchev–Trinajstić information content (AvgIpc) is 2.45. The predicted octanol–water partition coefficient (Wildman–Crippen LogP) is -0.441. The lowest BCUT2D eigenvalue weighted by atomic mass is 10.4. The number of hydrogen-bond donors (Lipinski definition) is 2. The molecule has 0 spiro atoms. The lowest BCUT2D eigenvalue weighted by molar-refractivity contribution is 0.122. The standard InChI is InChI=1S/C10H16N6O2/c1-2-5-18-10-13-8(15-11)12-9(14-10)16-3-6-17-7-4-16/h2H,1,3-7,11H2,(H,12,13,14,15). The predicted molar refractivity (Wildman–Crippen MR) is 66.4 cm³/mol. The molecule has 0 bridgehead atoms. The first-order valence-corrected chi connectivity index (χ1v) is 5.62. The number of anilines is 2. The summed E-state index contributed by atoms with van der Waals surface area (Å²) < 4.78 is 10.6. The minimum Gasteiger partial charge on any atom is -0.459 e. The average molecular weight is 252 g/mol. The molecule has 8 nitrogen and oxygen atoms in total. The minimum absolute atomic E-state index is 0.222. The molecular formula is C10H16N6O2. The van der Waals surface area contributed by atoms with Crippen molar-refractivity contribution in [1.82, 2.24) is 15.0 Å². The van der Waals surface area contributed by atoms with Crippen molar-refractivity contribution in [1.29, 1.82) is 0 Å². The number of nitrogens with zero attached hydrogens (tertiary/aromatic N) is 4. The van der Waals surface area contributed by atoms with Crippen LogP contribution in [0.1, 0.15) is 0 Å². The van der Waals surface area contributed by atoms with Crippen LogP contribution in [0, 0.1) is 0 Å². The van der Waals surface area contributed by atoms with Crippen LogP contribution < -0.4 is 20.9 Å². The monoisotopic (exact) mass is 252 g/mol. The summed E-state index contributed by atoms with van der Waals surface area (Å²) in [7, 11) is 0. The lowest BCUT2D eigenvalue weighted by Crippen LogP contribution is -2.37. The van der Waals surface area contributed by atoms with Gasteiger partial charge in [0.2, 0.25) is 11.9 Å². The van der Waals surface area contributed by atoms with Gasteiger partial charge in [0.1, 0.15) is 6.61 Å². The number of rotatable bonds is 5. The maximum Gasteiger partial charge on any atom is 0.323 e. The van der Waals surface area contributed by atoms with E-state index in [1.165, 1.54) is 0 Å². The van der Waals surface area contributed by atoms with E-state index in [4.69, 9.17) is 15.3 Å². The Hall–Kier alpha value is -1.93. The summed E-state index contributed by atoms with van der Waals surface area (Å²) >= 11 is 0. The number of morpholine rings is 1. The van der Waals surface area contributed by atoms with Crippen LogP contribution in [0.15, 0.2) is 12.7 Å². The molecule has 0 radical (unpaired) electrons. The molecule has 8 heteroatoms. The van der Waals surface area contributed by atoms with Crippen molar-refractivity contribution in [2.24, 2.45) is 5.84 Å². The second-order valence-electron chi connectivity index (χ2n) is 3.59. The molecule has 98 valence electrons.